The van der Waals surface area contributed by atoms with Crippen molar-refractivity contribution in [1.29, 1.82) is 0 Å². The number of nitrogens with zero attached hydrogens (tertiary/aromatic N) is 2. The van der Waals surface area contributed by atoms with Gasteiger partial charge < -0.3 is 10.1 Å². The molecule has 0 fully saturated rings. The second kappa shape index (κ2) is 7.17. The molecule has 0 aliphatic rings. The molecule has 2 heterocycles. The molecule has 2 rings (SSSR count). The molecule has 0 saturated heterocycles. The summed E-state index contributed by atoms with van der Waals surface area (Å²) in [5.41, 5.74) is 1.15. The summed E-state index contributed by atoms with van der Waals surface area (Å²) in [5.74, 6) is -0.405. The topological polar surface area (TPSA) is 72.7 Å². The maximum atomic E-state index is 12.3. The number of carbonyl (C=O) groups is 1. The summed E-state index contributed by atoms with van der Waals surface area (Å²) in [6.45, 7) is 6.84. The van der Waals surface area contributed by atoms with Gasteiger partial charge in [0.25, 0.3) is 11.5 Å². The van der Waals surface area contributed by atoms with Crippen molar-refractivity contribution in [3.8, 4) is 0 Å². The second-order valence-corrected chi connectivity index (χ2v) is 5.44. The number of ether oxygens (including phenoxy) is 1. The fourth-order valence-corrected chi connectivity index (χ4v) is 2.03. The van der Waals surface area contributed by atoms with Crippen molar-refractivity contribution in [2.24, 2.45) is 0 Å². The Bertz CT molecular complexity index is 722. The minimum Gasteiger partial charge on any atom is -0.379 e. The van der Waals surface area contributed by atoms with Crippen LogP contribution in [0.2, 0.25) is 0 Å². The Morgan fingerprint density at radius 2 is 2.18 bits per heavy atom. The third-order valence-corrected chi connectivity index (χ3v) is 3.15. The molecule has 0 atom stereocenters. The zero-order valence-electron chi connectivity index (χ0n) is 13.1. The summed E-state index contributed by atoms with van der Waals surface area (Å²) in [5, 5.41) is 2.72. The summed E-state index contributed by atoms with van der Waals surface area (Å²) >= 11 is 0. The first-order valence-electron chi connectivity index (χ1n) is 7.37. The largest absolute Gasteiger partial charge is 0.379 e. The molecule has 0 saturated carbocycles. The fraction of sp³-hybridized carbons (Fsp3) is 0.438. The zero-order chi connectivity index (χ0) is 16.1. The van der Waals surface area contributed by atoms with Crippen molar-refractivity contribution in [2.45, 2.75) is 33.3 Å². The number of rotatable bonds is 6. The molecular weight excluding hydrogens is 282 g/mol. The third kappa shape index (κ3) is 3.92. The van der Waals surface area contributed by atoms with Crippen LogP contribution >= 0.6 is 0 Å². The number of hydrogen-bond acceptors (Lipinski definition) is 4. The van der Waals surface area contributed by atoms with Crippen molar-refractivity contribution < 1.29 is 9.53 Å². The Hall–Kier alpha value is -2.21. The molecule has 0 radical (unpaired) electrons. The summed E-state index contributed by atoms with van der Waals surface area (Å²) in [6.07, 6.45) is 3.88. The molecule has 0 unspecified atom stereocenters. The van der Waals surface area contributed by atoms with Crippen molar-refractivity contribution in [2.75, 3.05) is 13.2 Å². The van der Waals surface area contributed by atoms with E-state index >= 15 is 0 Å². The van der Waals surface area contributed by atoms with Crippen LogP contribution in [0.5, 0.6) is 0 Å². The Morgan fingerprint density at radius 3 is 2.91 bits per heavy atom. The van der Waals surface area contributed by atoms with Crippen molar-refractivity contribution >= 4 is 11.6 Å². The first-order valence-corrected chi connectivity index (χ1v) is 7.37. The standard InChI is InChI=1S/C16H21N3O3/c1-11(2)22-8-4-7-17-15(20)13-9-18-14-6-5-12(3)10-19(14)16(13)21/h5-6,9-11H,4,7-8H2,1-3H3,(H,17,20). The number of pyridine rings is 1. The number of hydrogen-bond donors (Lipinski definition) is 1. The van der Waals surface area contributed by atoms with Crippen LogP contribution in [0, 0.1) is 6.92 Å². The number of aromatic nitrogens is 2. The maximum Gasteiger partial charge on any atom is 0.270 e. The van der Waals surface area contributed by atoms with Gasteiger partial charge in [-0.15, -0.1) is 0 Å². The predicted octanol–water partition coefficient (Wildman–Crippen LogP) is 1.55. The molecule has 6 heteroatoms. The van der Waals surface area contributed by atoms with Gasteiger partial charge in [-0.05, 0) is 38.8 Å². The van der Waals surface area contributed by atoms with Crippen LogP contribution in [0.3, 0.4) is 0 Å². The molecule has 2 aromatic rings. The average Bonchev–Trinajstić information content (AvgIpc) is 2.47. The number of amides is 1. The summed E-state index contributed by atoms with van der Waals surface area (Å²) < 4.78 is 6.79. The number of fused-ring (bicyclic) bond motifs is 1. The summed E-state index contributed by atoms with van der Waals surface area (Å²) in [7, 11) is 0. The highest BCUT2D eigenvalue weighted by molar-refractivity contribution is 5.93. The first kappa shape index (κ1) is 16.2. The van der Waals surface area contributed by atoms with Crippen LogP contribution in [-0.4, -0.2) is 34.5 Å². The van der Waals surface area contributed by atoms with Crippen LogP contribution < -0.4 is 10.9 Å². The fourth-order valence-electron chi connectivity index (χ4n) is 2.03. The smallest absolute Gasteiger partial charge is 0.270 e. The Kier molecular flexibility index (Phi) is 5.27. The summed E-state index contributed by atoms with van der Waals surface area (Å²) in [4.78, 5) is 28.6. The van der Waals surface area contributed by atoms with Crippen LogP contribution in [0.4, 0.5) is 0 Å². The van der Waals surface area contributed by atoms with E-state index < -0.39 is 5.91 Å². The highest BCUT2D eigenvalue weighted by atomic mass is 16.5. The van der Waals surface area contributed by atoms with E-state index in [4.69, 9.17) is 4.74 Å². The number of carbonyl (C=O) groups excluding carboxylic acids is 1. The second-order valence-electron chi connectivity index (χ2n) is 5.44. The lowest BCUT2D eigenvalue weighted by Gasteiger charge is -2.08. The molecule has 1 N–H and O–H groups in total. The molecule has 2 aromatic heterocycles. The van der Waals surface area contributed by atoms with Crippen molar-refractivity contribution in [1.82, 2.24) is 14.7 Å². The molecule has 0 aromatic carbocycles. The lowest BCUT2D eigenvalue weighted by Crippen LogP contribution is -2.32. The van der Waals surface area contributed by atoms with E-state index in [-0.39, 0.29) is 17.2 Å². The molecule has 1 amide bonds. The Balaban J connectivity index is 2.05. The van der Waals surface area contributed by atoms with Gasteiger partial charge in [-0.1, -0.05) is 6.07 Å². The highest BCUT2D eigenvalue weighted by Gasteiger charge is 2.12. The minimum atomic E-state index is -0.405. The van der Waals surface area contributed by atoms with E-state index in [1.54, 1.807) is 12.3 Å². The normalized spacial score (nSPS) is 11.1. The molecule has 0 aliphatic heterocycles. The summed E-state index contributed by atoms with van der Waals surface area (Å²) in [6, 6.07) is 3.62. The minimum absolute atomic E-state index is 0.0490. The third-order valence-electron chi connectivity index (χ3n) is 3.15. The van der Waals surface area contributed by atoms with E-state index in [0.717, 1.165) is 5.56 Å². The van der Waals surface area contributed by atoms with Gasteiger partial charge in [0.05, 0.1) is 6.10 Å². The van der Waals surface area contributed by atoms with Gasteiger partial charge in [-0.2, -0.15) is 0 Å². The van der Waals surface area contributed by atoms with Crippen molar-refractivity contribution in [3.63, 3.8) is 0 Å². The van der Waals surface area contributed by atoms with E-state index in [1.165, 1.54) is 10.6 Å². The van der Waals surface area contributed by atoms with E-state index in [2.05, 4.69) is 10.3 Å². The Labute approximate surface area is 129 Å². The van der Waals surface area contributed by atoms with E-state index in [9.17, 15) is 9.59 Å². The lowest BCUT2D eigenvalue weighted by atomic mass is 10.2. The molecule has 118 valence electrons. The molecule has 22 heavy (non-hydrogen) atoms. The first-order chi connectivity index (χ1) is 10.5. The van der Waals surface area contributed by atoms with Crippen LogP contribution in [-0.2, 0) is 4.74 Å². The molecule has 0 aliphatic carbocycles. The monoisotopic (exact) mass is 303 g/mol. The molecule has 6 nitrogen and oxygen atoms in total. The lowest BCUT2D eigenvalue weighted by molar-refractivity contribution is 0.0757. The van der Waals surface area contributed by atoms with E-state index in [1.807, 2.05) is 26.8 Å². The average molecular weight is 303 g/mol. The highest BCUT2D eigenvalue weighted by Crippen LogP contribution is 2.01. The van der Waals surface area contributed by atoms with Crippen molar-refractivity contribution in [3.05, 3.63) is 46.0 Å². The van der Waals surface area contributed by atoms with E-state index in [0.29, 0.717) is 25.2 Å². The molecule has 0 bridgehead atoms. The van der Waals surface area contributed by atoms with Gasteiger partial charge in [0.15, 0.2) is 0 Å². The molecule has 0 spiro atoms. The van der Waals surface area contributed by atoms with Crippen LogP contribution in [0.25, 0.3) is 5.65 Å². The van der Waals surface area contributed by atoms with Gasteiger partial charge in [-0.3, -0.25) is 14.0 Å². The molecular formula is C16H21N3O3. The van der Waals surface area contributed by atoms with Gasteiger partial charge in [0.2, 0.25) is 0 Å². The Morgan fingerprint density at radius 1 is 1.41 bits per heavy atom. The van der Waals surface area contributed by atoms with Gasteiger partial charge in [0.1, 0.15) is 11.2 Å². The van der Waals surface area contributed by atoms with Gasteiger partial charge >= 0.3 is 0 Å². The SMILES string of the molecule is Cc1ccc2ncc(C(=O)NCCCOC(C)C)c(=O)n2c1. The van der Waals surface area contributed by atoms with Gasteiger partial charge in [-0.25, -0.2) is 4.98 Å². The quantitative estimate of drug-likeness (QED) is 0.822. The predicted molar refractivity (Wildman–Crippen MR) is 84.2 cm³/mol. The number of nitrogens with one attached hydrogen (secondary N) is 1. The number of aryl methyl sites for hydroxylation is 1. The zero-order valence-corrected chi connectivity index (χ0v) is 13.1. The van der Waals surface area contributed by atoms with Crippen LogP contribution in [0.1, 0.15) is 36.2 Å². The van der Waals surface area contributed by atoms with Gasteiger partial charge in [0, 0.05) is 25.5 Å². The van der Waals surface area contributed by atoms with Crippen LogP contribution in [0.15, 0.2) is 29.3 Å². The maximum absolute atomic E-state index is 12.3.